The van der Waals surface area contributed by atoms with Gasteiger partial charge in [0.15, 0.2) is 11.7 Å². The van der Waals surface area contributed by atoms with E-state index in [-0.39, 0.29) is 12.1 Å². The Kier molecular flexibility index (Phi) is 6.00. The maximum atomic E-state index is 13.1. The number of aryl methyl sites for hydroxylation is 1. The summed E-state index contributed by atoms with van der Waals surface area (Å²) in [6.07, 6.45) is 0.269. The monoisotopic (exact) mass is 396 g/mol. The van der Waals surface area contributed by atoms with E-state index in [1.54, 1.807) is 18.5 Å². The Morgan fingerprint density at radius 2 is 1.86 bits per heavy atom. The molecule has 0 aliphatic carbocycles. The van der Waals surface area contributed by atoms with E-state index >= 15 is 0 Å². The van der Waals surface area contributed by atoms with Crippen molar-refractivity contribution in [3.8, 4) is 0 Å². The Labute approximate surface area is 161 Å². The van der Waals surface area contributed by atoms with Crippen LogP contribution in [0.2, 0.25) is 0 Å². The number of hydrogen-bond donors (Lipinski definition) is 1. The summed E-state index contributed by atoms with van der Waals surface area (Å²) in [5, 5.41) is 6.69. The molecule has 2 aromatic heterocycles. The first-order chi connectivity index (χ1) is 13.4. The molecular formula is C17H23F3N8. The molecule has 2 aromatic rings. The average Bonchev–Trinajstić information content (AvgIpc) is 3.07. The summed E-state index contributed by atoms with van der Waals surface area (Å²) in [5.74, 6) is 1.27. The topological polar surface area (TPSA) is 74.5 Å². The zero-order chi connectivity index (χ0) is 20.1. The highest BCUT2D eigenvalue weighted by molar-refractivity contribution is 5.80. The molecule has 0 atom stereocenters. The molecule has 11 heteroatoms. The van der Waals surface area contributed by atoms with E-state index in [2.05, 4.69) is 30.3 Å². The molecule has 0 unspecified atom stereocenters. The molecule has 1 fully saturated rings. The first-order valence-corrected chi connectivity index (χ1v) is 9.03. The van der Waals surface area contributed by atoms with Crippen LogP contribution < -0.4 is 10.2 Å². The number of nitrogens with one attached hydrogen (secondary N) is 1. The number of guanidine groups is 1. The fourth-order valence-corrected chi connectivity index (χ4v) is 3.05. The summed E-state index contributed by atoms with van der Waals surface area (Å²) in [5.41, 5.74) is -0.831. The quantitative estimate of drug-likeness (QED) is 0.624. The van der Waals surface area contributed by atoms with Gasteiger partial charge < -0.3 is 15.1 Å². The number of aromatic nitrogens is 4. The lowest BCUT2D eigenvalue weighted by Gasteiger charge is -2.36. The van der Waals surface area contributed by atoms with Gasteiger partial charge in [-0.3, -0.25) is 4.68 Å². The van der Waals surface area contributed by atoms with Gasteiger partial charge in [-0.2, -0.15) is 18.3 Å². The SMILES string of the molecule is CCNC(=NCc1cn(C)nc1C(F)(F)F)N1CCN(c2ncccn2)CC1. The molecule has 1 saturated heterocycles. The van der Waals surface area contributed by atoms with Crippen molar-refractivity contribution in [2.45, 2.75) is 19.6 Å². The molecule has 0 saturated carbocycles. The van der Waals surface area contributed by atoms with Crippen molar-refractivity contribution in [1.29, 1.82) is 0 Å². The van der Waals surface area contributed by atoms with Crippen LogP contribution in [0, 0.1) is 0 Å². The minimum absolute atomic E-state index is 0.0572. The molecule has 8 nitrogen and oxygen atoms in total. The van der Waals surface area contributed by atoms with Crippen LogP contribution in [0.15, 0.2) is 29.6 Å². The fourth-order valence-electron chi connectivity index (χ4n) is 3.05. The predicted octanol–water partition coefficient (Wildman–Crippen LogP) is 1.52. The maximum Gasteiger partial charge on any atom is 0.435 e. The Bertz CT molecular complexity index is 794. The second-order valence-corrected chi connectivity index (χ2v) is 6.37. The fraction of sp³-hybridized carbons (Fsp3) is 0.529. The Morgan fingerprint density at radius 1 is 1.18 bits per heavy atom. The second-order valence-electron chi connectivity index (χ2n) is 6.37. The Morgan fingerprint density at radius 3 is 2.46 bits per heavy atom. The third-order valence-electron chi connectivity index (χ3n) is 4.32. The highest BCUT2D eigenvalue weighted by Crippen LogP contribution is 2.30. The molecule has 0 radical (unpaired) electrons. The van der Waals surface area contributed by atoms with Gasteiger partial charge in [0.1, 0.15) is 0 Å². The summed E-state index contributed by atoms with van der Waals surface area (Å²) >= 11 is 0. The van der Waals surface area contributed by atoms with E-state index in [0.29, 0.717) is 44.6 Å². The third kappa shape index (κ3) is 4.70. The van der Waals surface area contributed by atoms with Crippen molar-refractivity contribution in [1.82, 2.24) is 30.0 Å². The summed E-state index contributed by atoms with van der Waals surface area (Å²) < 4.78 is 40.5. The standard InChI is InChI=1S/C17H23F3N8/c1-3-21-15(24-11-13-12-26(2)25-14(13)17(18,19)20)27-7-9-28(10-8-27)16-22-5-4-6-23-16/h4-6,12H,3,7-11H2,1-2H3,(H,21,24). The zero-order valence-corrected chi connectivity index (χ0v) is 15.8. The molecule has 1 aliphatic rings. The summed E-state index contributed by atoms with van der Waals surface area (Å²) in [4.78, 5) is 17.0. The summed E-state index contributed by atoms with van der Waals surface area (Å²) in [7, 11) is 1.47. The summed E-state index contributed by atoms with van der Waals surface area (Å²) in [6, 6.07) is 1.77. The molecule has 0 spiro atoms. The van der Waals surface area contributed by atoms with Crippen molar-refractivity contribution in [2.75, 3.05) is 37.6 Å². The van der Waals surface area contributed by atoms with Crippen molar-refractivity contribution in [3.05, 3.63) is 35.9 Å². The van der Waals surface area contributed by atoms with Crippen molar-refractivity contribution < 1.29 is 13.2 Å². The molecule has 3 rings (SSSR count). The molecule has 0 aromatic carbocycles. The van der Waals surface area contributed by atoms with Crippen LogP contribution >= 0.6 is 0 Å². The average molecular weight is 396 g/mol. The van der Waals surface area contributed by atoms with Crippen LogP contribution in [0.4, 0.5) is 19.1 Å². The lowest BCUT2D eigenvalue weighted by atomic mass is 10.2. The highest BCUT2D eigenvalue weighted by atomic mass is 19.4. The van der Waals surface area contributed by atoms with E-state index in [1.165, 1.54) is 17.9 Å². The van der Waals surface area contributed by atoms with Gasteiger partial charge in [0.25, 0.3) is 0 Å². The Hall–Kier alpha value is -2.85. The number of aliphatic imine (C=N–C) groups is 1. The van der Waals surface area contributed by atoms with Crippen LogP contribution in [0.5, 0.6) is 0 Å². The zero-order valence-electron chi connectivity index (χ0n) is 15.8. The highest BCUT2D eigenvalue weighted by Gasteiger charge is 2.36. The normalized spacial score (nSPS) is 15.8. The molecule has 0 bridgehead atoms. The van der Waals surface area contributed by atoms with Crippen LogP contribution in [-0.2, 0) is 19.8 Å². The van der Waals surface area contributed by atoms with Gasteiger partial charge in [-0.1, -0.05) is 0 Å². The number of nitrogens with zero attached hydrogens (tertiary/aromatic N) is 7. The minimum atomic E-state index is -4.49. The first-order valence-electron chi connectivity index (χ1n) is 9.03. The van der Waals surface area contributed by atoms with Crippen LogP contribution in [0.1, 0.15) is 18.2 Å². The number of alkyl halides is 3. The van der Waals surface area contributed by atoms with Gasteiger partial charge in [-0.05, 0) is 13.0 Å². The van der Waals surface area contributed by atoms with Gasteiger partial charge in [-0.25, -0.2) is 15.0 Å². The predicted molar refractivity (Wildman–Crippen MR) is 98.8 cm³/mol. The largest absolute Gasteiger partial charge is 0.435 e. The third-order valence-corrected chi connectivity index (χ3v) is 4.32. The van der Waals surface area contributed by atoms with E-state index in [0.717, 1.165) is 0 Å². The van der Waals surface area contributed by atoms with Crippen LogP contribution in [-0.4, -0.2) is 63.3 Å². The molecule has 1 aliphatic heterocycles. The Balaban J connectivity index is 1.69. The van der Waals surface area contributed by atoms with Crippen molar-refractivity contribution in [2.24, 2.45) is 12.0 Å². The minimum Gasteiger partial charge on any atom is -0.357 e. The molecule has 0 amide bonds. The van der Waals surface area contributed by atoms with Gasteiger partial charge >= 0.3 is 6.18 Å². The van der Waals surface area contributed by atoms with E-state index in [9.17, 15) is 13.2 Å². The smallest absolute Gasteiger partial charge is 0.357 e. The first kappa shape index (κ1) is 19.9. The molecular weight excluding hydrogens is 373 g/mol. The van der Waals surface area contributed by atoms with E-state index in [1.807, 2.05) is 11.8 Å². The van der Waals surface area contributed by atoms with Crippen molar-refractivity contribution in [3.63, 3.8) is 0 Å². The van der Waals surface area contributed by atoms with Crippen LogP contribution in [0.25, 0.3) is 0 Å². The maximum absolute atomic E-state index is 13.1. The summed E-state index contributed by atoms with van der Waals surface area (Å²) in [6.45, 7) is 5.21. The molecule has 3 heterocycles. The lowest BCUT2D eigenvalue weighted by Crippen LogP contribution is -2.53. The number of piperazine rings is 1. The molecule has 28 heavy (non-hydrogen) atoms. The number of rotatable bonds is 4. The lowest BCUT2D eigenvalue weighted by molar-refractivity contribution is -0.142. The number of halogens is 3. The van der Waals surface area contributed by atoms with Crippen LogP contribution in [0.3, 0.4) is 0 Å². The van der Waals surface area contributed by atoms with E-state index < -0.39 is 11.9 Å². The van der Waals surface area contributed by atoms with Gasteiger partial charge in [0, 0.05) is 63.9 Å². The number of anilines is 1. The molecule has 1 N–H and O–H groups in total. The number of hydrogen-bond acceptors (Lipinski definition) is 5. The van der Waals surface area contributed by atoms with Gasteiger partial charge in [0.2, 0.25) is 5.95 Å². The van der Waals surface area contributed by atoms with Gasteiger partial charge in [-0.15, -0.1) is 0 Å². The van der Waals surface area contributed by atoms with E-state index in [4.69, 9.17) is 0 Å². The van der Waals surface area contributed by atoms with Gasteiger partial charge in [0.05, 0.1) is 6.54 Å². The molecule has 152 valence electrons. The second kappa shape index (κ2) is 8.44. The van der Waals surface area contributed by atoms with Crippen molar-refractivity contribution >= 4 is 11.9 Å².